The number of hydrogen-bond donors (Lipinski definition) is 1. The second-order valence-electron chi connectivity index (χ2n) is 8.96. The van der Waals surface area contributed by atoms with Crippen LogP contribution >= 0.6 is 0 Å². The van der Waals surface area contributed by atoms with Crippen LogP contribution in [0, 0.1) is 11.3 Å². The van der Waals surface area contributed by atoms with Gasteiger partial charge in [-0.2, -0.15) is 18.4 Å². The van der Waals surface area contributed by atoms with Crippen LogP contribution in [0.2, 0.25) is 0 Å². The monoisotopic (exact) mass is 537 g/mol. The third-order valence-corrected chi connectivity index (χ3v) is 6.35. The van der Waals surface area contributed by atoms with Crippen LogP contribution in [0.1, 0.15) is 11.1 Å². The zero-order valence-electron chi connectivity index (χ0n) is 20.4. The van der Waals surface area contributed by atoms with Crippen molar-refractivity contribution < 1.29 is 37.0 Å². The number of nitriles is 1. The van der Waals surface area contributed by atoms with Crippen molar-refractivity contribution in [1.82, 2.24) is 9.88 Å². The van der Waals surface area contributed by atoms with Crippen LogP contribution < -0.4 is 4.74 Å². The Morgan fingerprint density at radius 2 is 1.92 bits per heavy atom. The average Bonchev–Trinajstić information content (AvgIpc) is 3.34. The molecule has 200 valence electrons. The van der Waals surface area contributed by atoms with E-state index in [2.05, 4.69) is 11.1 Å². The van der Waals surface area contributed by atoms with Gasteiger partial charge in [-0.1, -0.05) is 42.5 Å². The first-order valence-corrected chi connectivity index (χ1v) is 12.0. The maximum absolute atomic E-state index is 13.0. The molecule has 1 aromatic heterocycles. The Morgan fingerprint density at radius 3 is 2.64 bits per heavy atom. The molecule has 3 aromatic carbocycles. The summed E-state index contributed by atoms with van der Waals surface area (Å²) in [6, 6.07) is 18.7. The number of oxazole rings is 1. The van der Waals surface area contributed by atoms with Gasteiger partial charge in [0.25, 0.3) is 0 Å². The Balaban J connectivity index is 1.57. The van der Waals surface area contributed by atoms with E-state index in [4.69, 9.17) is 13.9 Å². The van der Waals surface area contributed by atoms with Crippen molar-refractivity contribution in [2.75, 3.05) is 26.4 Å². The smallest absolute Gasteiger partial charge is 0.422 e. The SMILES string of the molecule is N#Cc1c(-c2ccccc2)cccc1-c1nc2cc(CN3CCOC[C@H]3C(=O)O)c(OCC(F)(F)F)cc2o1. The number of halogens is 3. The van der Waals surface area contributed by atoms with E-state index < -0.39 is 24.8 Å². The number of nitrogens with zero attached hydrogens (tertiary/aromatic N) is 3. The van der Waals surface area contributed by atoms with Gasteiger partial charge in [0.1, 0.15) is 23.4 Å². The van der Waals surface area contributed by atoms with Crippen LogP contribution in [0.4, 0.5) is 13.2 Å². The molecule has 8 nitrogen and oxygen atoms in total. The molecule has 0 amide bonds. The number of aromatic nitrogens is 1. The largest absolute Gasteiger partial charge is 0.484 e. The Kier molecular flexibility index (Phi) is 7.24. The van der Waals surface area contributed by atoms with E-state index in [0.29, 0.717) is 27.8 Å². The maximum Gasteiger partial charge on any atom is 0.422 e. The van der Waals surface area contributed by atoms with Crippen molar-refractivity contribution >= 4 is 17.1 Å². The number of carbonyl (C=O) groups is 1. The molecule has 1 fully saturated rings. The normalized spacial score (nSPS) is 16.2. The fourth-order valence-electron chi connectivity index (χ4n) is 4.51. The molecule has 0 radical (unpaired) electrons. The van der Waals surface area contributed by atoms with Gasteiger partial charge in [0.2, 0.25) is 5.89 Å². The molecule has 1 atom stereocenters. The fourth-order valence-corrected chi connectivity index (χ4v) is 4.51. The lowest BCUT2D eigenvalue weighted by Gasteiger charge is -2.33. The number of ether oxygens (including phenoxy) is 2. The van der Waals surface area contributed by atoms with Crippen LogP contribution in [0.5, 0.6) is 5.75 Å². The first-order valence-electron chi connectivity index (χ1n) is 12.0. The molecule has 1 N–H and O–H groups in total. The van der Waals surface area contributed by atoms with Crippen molar-refractivity contribution in [3.63, 3.8) is 0 Å². The Morgan fingerprint density at radius 1 is 1.15 bits per heavy atom. The third kappa shape index (κ3) is 5.72. The maximum atomic E-state index is 13.0. The van der Waals surface area contributed by atoms with E-state index >= 15 is 0 Å². The predicted octanol–water partition coefficient (Wildman–Crippen LogP) is 5.26. The number of morpholine rings is 1. The van der Waals surface area contributed by atoms with Gasteiger partial charge < -0.3 is 19.0 Å². The van der Waals surface area contributed by atoms with E-state index in [0.717, 1.165) is 5.56 Å². The summed E-state index contributed by atoms with van der Waals surface area (Å²) in [6.07, 6.45) is -4.58. The summed E-state index contributed by atoms with van der Waals surface area (Å²) < 4.78 is 55.3. The molecule has 39 heavy (non-hydrogen) atoms. The molecule has 11 heteroatoms. The lowest BCUT2D eigenvalue weighted by Crippen LogP contribution is -2.49. The fraction of sp³-hybridized carbons (Fsp3) is 0.250. The van der Waals surface area contributed by atoms with Gasteiger partial charge in [-0.25, -0.2) is 4.98 Å². The van der Waals surface area contributed by atoms with Crippen molar-refractivity contribution in [2.45, 2.75) is 18.8 Å². The first kappa shape index (κ1) is 26.2. The number of carboxylic acid groups (broad SMARTS) is 1. The minimum absolute atomic E-state index is 0.00140. The van der Waals surface area contributed by atoms with Gasteiger partial charge in [-0.3, -0.25) is 9.69 Å². The molecule has 1 aliphatic heterocycles. The van der Waals surface area contributed by atoms with Crippen LogP contribution in [0.15, 0.2) is 65.1 Å². The molecular weight excluding hydrogens is 515 g/mol. The van der Waals surface area contributed by atoms with Gasteiger partial charge >= 0.3 is 12.1 Å². The second-order valence-corrected chi connectivity index (χ2v) is 8.96. The third-order valence-electron chi connectivity index (χ3n) is 6.35. The lowest BCUT2D eigenvalue weighted by molar-refractivity contribution is -0.153. The van der Waals surface area contributed by atoms with Crippen molar-refractivity contribution in [3.05, 3.63) is 71.8 Å². The molecule has 0 bridgehead atoms. The molecule has 2 heterocycles. The van der Waals surface area contributed by atoms with E-state index in [9.17, 15) is 28.3 Å². The summed E-state index contributed by atoms with van der Waals surface area (Å²) in [5, 5.41) is 19.5. The zero-order valence-corrected chi connectivity index (χ0v) is 20.4. The molecular formula is C28H22F3N3O5. The van der Waals surface area contributed by atoms with Crippen molar-refractivity contribution in [3.8, 4) is 34.4 Å². The summed E-state index contributed by atoms with van der Waals surface area (Å²) in [7, 11) is 0. The topological polar surface area (TPSA) is 109 Å². The van der Waals surface area contributed by atoms with Gasteiger partial charge in [0.15, 0.2) is 12.2 Å². The van der Waals surface area contributed by atoms with Gasteiger partial charge in [-0.15, -0.1) is 0 Å². The molecule has 0 spiro atoms. The minimum atomic E-state index is -4.58. The minimum Gasteiger partial charge on any atom is -0.484 e. The van der Waals surface area contributed by atoms with Gasteiger partial charge in [-0.05, 0) is 17.7 Å². The summed E-state index contributed by atoms with van der Waals surface area (Å²) >= 11 is 0. The van der Waals surface area contributed by atoms with Gasteiger partial charge in [0.05, 0.1) is 24.3 Å². The number of hydrogen-bond acceptors (Lipinski definition) is 7. The number of aliphatic carboxylic acids is 1. The number of benzene rings is 3. The Hall–Kier alpha value is -4.40. The van der Waals surface area contributed by atoms with Crippen LogP contribution in [0.25, 0.3) is 33.7 Å². The molecule has 0 saturated carbocycles. The summed E-state index contributed by atoms with van der Waals surface area (Å²) in [4.78, 5) is 17.8. The quantitative estimate of drug-likeness (QED) is 0.340. The summed E-state index contributed by atoms with van der Waals surface area (Å²) in [6.45, 7) is -1.02. The van der Waals surface area contributed by atoms with Crippen molar-refractivity contribution in [2.24, 2.45) is 0 Å². The number of rotatable bonds is 7. The van der Waals surface area contributed by atoms with E-state index in [1.54, 1.807) is 17.0 Å². The van der Waals surface area contributed by atoms with Crippen LogP contribution in [0.3, 0.4) is 0 Å². The van der Waals surface area contributed by atoms with Crippen LogP contribution in [-0.2, 0) is 16.1 Å². The number of carboxylic acids is 1. The number of fused-ring (bicyclic) bond motifs is 1. The second kappa shape index (κ2) is 10.8. The lowest BCUT2D eigenvalue weighted by atomic mass is 9.96. The Bertz CT molecular complexity index is 1550. The number of alkyl halides is 3. The molecule has 0 aliphatic carbocycles. The molecule has 5 rings (SSSR count). The highest BCUT2D eigenvalue weighted by Crippen LogP contribution is 2.36. The van der Waals surface area contributed by atoms with Crippen molar-refractivity contribution in [1.29, 1.82) is 5.26 Å². The van der Waals surface area contributed by atoms with Crippen LogP contribution in [-0.4, -0.2) is 59.5 Å². The van der Waals surface area contributed by atoms with E-state index in [-0.39, 0.29) is 43.5 Å². The molecule has 1 aliphatic rings. The highest BCUT2D eigenvalue weighted by molar-refractivity contribution is 5.83. The highest BCUT2D eigenvalue weighted by atomic mass is 19.4. The Labute approximate surface area is 220 Å². The predicted molar refractivity (Wildman–Crippen MR) is 134 cm³/mol. The first-order chi connectivity index (χ1) is 18.7. The van der Waals surface area contributed by atoms with E-state index in [1.165, 1.54) is 12.1 Å². The van der Waals surface area contributed by atoms with E-state index in [1.807, 2.05) is 36.4 Å². The standard InChI is InChI=1S/C28H22F3N3O5/c29-28(30,31)16-38-24-12-25-22(11-18(24)14-34-9-10-37-15-23(34)27(35)36)33-26(39-25)20-8-4-7-19(21(20)13-32)17-5-2-1-3-6-17/h1-8,11-12,23H,9-10,14-16H2,(H,35,36)/t23-/m0/s1. The summed E-state index contributed by atoms with van der Waals surface area (Å²) in [5.74, 6) is -1.08. The molecule has 1 saturated heterocycles. The molecule has 0 unspecified atom stereocenters. The van der Waals surface area contributed by atoms with Gasteiger partial charge in [0, 0.05) is 30.3 Å². The zero-order chi connectivity index (χ0) is 27.6. The molecule has 4 aromatic rings. The average molecular weight is 537 g/mol. The highest BCUT2D eigenvalue weighted by Gasteiger charge is 2.32. The summed E-state index contributed by atoms with van der Waals surface area (Å²) in [5.41, 5.74) is 3.08.